The molecule has 4 N–H and O–H groups in total. The van der Waals surface area contributed by atoms with E-state index in [2.05, 4.69) is 22.4 Å². The van der Waals surface area contributed by atoms with Crippen molar-refractivity contribution in [1.82, 2.24) is 19.9 Å². The van der Waals surface area contributed by atoms with Crippen molar-refractivity contribution in [2.75, 3.05) is 41.5 Å². The highest BCUT2D eigenvalue weighted by atomic mass is 16.7. The fourth-order valence-corrected chi connectivity index (χ4v) is 10.3. The van der Waals surface area contributed by atoms with Crippen LogP contribution in [0.5, 0.6) is 0 Å². The summed E-state index contributed by atoms with van der Waals surface area (Å²) in [5, 5.41) is 54.7. The number of carbonyl (C=O) groups is 2. The Morgan fingerprint density at radius 3 is 2.14 bits per heavy atom. The first-order valence-electron chi connectivity index (χ1n) is 25.1. The van der Waals surface area contributed by atoms with Crippen molar-refractivity contribution >= 4 is 11.8 Å². The number of ether oxygens (including phenoxy) is 7. The summed E-state index contributed by atoms with van der Waals surface area (Å²) in [6.45, 7) is 11.4. The summed E-state index contributed by atoms with van der Waals surface area (Å²) in [4.78, 5) is 29.9. The molecule has 0 bridgehead atoms. The molecule has 3 aromatic rings. The van der Waals surface area contributed by atoms with Gasteiger partial charge >= 0.3 is 5.97 Å². The van der Waals surface area contributed by atoms with Crippen LogP contribution in [0.4, 0.5) is 0 Å². The number of cyclic esters (lactones) is 1. The van der Waals surface area contributed by atoms with E-state index in [1.807, 2.05) is 75.5 Å². The molecule has 4 heterocycles. The number of aromatic nitrogens is 3. The summed E-state index contributed by atoms with van der Waals surface area (Å²) < 4.78 is 44.6. The number of carbonyl (C=O) groups excluding carboxylic acids is 2. The van der Waals surface area contributed by atoms with Crippen molar-refractivity contribution in [2.45, 2.75) is 147 Å². The number of methoxy groups -OCH3 is 2. The summed E-state index contributed by atoms with van der Waals surface area (Å²) in [5.41, 5.74) is 4.49. The van der Waals surface area contributed by atoms with Gasteiger partial charge in [0.05, 0.1) is 68.5 Å². The third-order valence-electron chi connectivity index (χ3n) is 14.6. The highest BCUT2D eigenvalue weighted by Gasteiger charge is 2.48. The molecule has 6 rings (SSSR count). The van der Waals surface area contributed by atoms with Crippen molar-refractivity contribution in [3.8, 4) is 22.4 Å². The lowest BCUT2D eigenvalue weighted by Gasteiger charge is -2.46. The molecule has 0 radical (unpaired) electrons. The number of esters is 1. The first kappa shape index (κ1) is 56.1. The third kappa shape index (κ3) is 14.3. The number of benzene rings is 2. The molecule has 2 saturated heterocycles. The van der Waals surface area contributed by atoms with E-state index >= 15 is 0 Å². The topological polar surface area (TPSA) is 214 Å². The van der Waals surface area contributed by atoms with E-state index in [4.69, 9.17) is 33.2 Å². The predicted octanol–water partition coefficient (Wildman–Crippen LogP) is 5.24. The number of ketones is 1. The molecule has 71 heavy (non-hydrogen) atoms. The van der Waals surface area contributed by atoms with Crippen LogP contribution in [0.15, 0.2) is 84.6 Å². The van der Waals surface area contributed by atoms with E-state index in [1.54, 1.807) is 63.7 Å². The average molecular weight is 991 g/mol. The Morgan fingerprint density at radius 2 is 1.48 bits per heavy atom. The van der Waals surface area contributed by atoms with Gasteiger partial charge < -0.3 is 58.5 Å². The Bertz CT molecular complexity index is 2190. The second kappa shape index (κ2) is 26.1. The van der Waals surface area contributed by atoms with Gasteiger partial charge in [-0.3, -0.25) is 14.3 Å². The molecule has 3 aliphatic rings. The summed E-state index contributed by atoms with van der Waals surface area (Å²) in [5.74, 6) is -3.49. The molecule has 2 aromatic carbocycles. The maximum Gasteiger partial charge on any atom is 0.308 e. The number of allylic oxidation sites excluding steroid dienone is 3. The molecule has 0 aliphatic carbocycles. The number of hydrogen-bond acceptors (Lipinski definition) is 16. The van der Waals surface area contributed by atoms with Crippen molar-refractivity contribution in [2.24, 2.45) is 29.6 Å². The smallest absolute Gasteiger partial charge is 0.308 e. The first-order valence-corrected chi connectivity index (χ1v) is 25.1. The molecule has 392 valence electrons. The first-order chi connectivity index (χ1) is 33.9. The molecule has 1 aromatic heterocycles. The Hall–Kier alpha value is -4.24. The van der Waals surface area contributed by atoms with Gasteiger partial charge in [-0.2, -0.15) is 0 Å². The molecular formula is C54H78N4O13. The summed E-state index contributed by atoms with van der Waals surface area (Å²) in [7, 11) is 6.58. The summed E-state index contributed by atoms with van der Waals surface area (Å²) in [6.07, 6.45) is -2.37. The van der Waals surface area contributed by atoms with Crippen molar-refractivity contribution in [3.05, 3.63) is 84.6 Å². The number of aryl methyl sites for hydroxylation is 1. The van der Waals surface area contributed by atoms with Crippen LogP contribution in [-0.2, 0) is 49.3 Å². The molecule has 0 saturated carbocycles. The zero-order valence-electron chi connectivity index (χ0n) is 43.0. The molecule has 2 fully saturated rings. The van der Waals surface area contributed by atoms with Gasteiger partial charge in [0.1, 0.15) is 24.0 Å². The van der Waals surface area contributed by atoms with E-state index in [-0.39, 0.29) is 25.4 Å². The number of likely N-dealkylation sites (N-methyl/N-ethyl adjacent to an activating group) is 1. The standard InChI is InChI=1S/C54H78N4O13/c1-11-45-40(29-67-54-52(66-10)41(30-65-9)48(62)34(5)69-54)25-31(2)17-22-43(59)32(3)26-39(23-24-58-28-42(55-56-58)38-20-18-37(19-21-38)36-15-13-12-14-16-36)51(33(4)44(60)27-46(61)70-45)71-53-50(64)47(57(7)8)49(63)35(6)68-53/h12-22,25,28,32-35,39-41,44-45,47-54,60,62-64H,11,23-24,26-27,29-30H2,1-10H3/b22-17+,31-25+/t32-,33+,34?,35-,39+,40-,41+,44-,45-,47?,48-,49-,50?,51-,52?,53+,54-/m1/s1. The predicted molar refractivity (Wildman–Crippen MR) is 265 cm³/mol. The number of nitrogens with zero attached hydrogens (tertiary/aromatic N) is 4. The van der Waals surface area contributed by atoms with E-state index in [1.165, 1.54) is 7.11 Å². The fourth-order valence-electron chi connectivity index (χ4n) is 10.3. The minimum absolute atomic E-state index is 0.0312. The Morgan fingerprint density at radius 1 is 0.817 bits per heavy atom. The maximum absolute atomic E-state index is 14.1. The fraction of sp³-hybridized carbons (Fsp3) is 0.630. The van der Waals surface area contributed by atoms with Gasteiger partial charge in [0, 0.05) is 50.0 Å². The number of aliphatic hydroxyl groups is 4. The number of aliphatic hydroxyl groups excluding tert-OH is 4. The minimum Gasteiger partial charge on any atom is -0.462 e. The van der Waals surface area contributed by atoms with Gasteiger partial charge in [0.15, 0.2) is 18.4 Å². The van der Waals surface area contributed by atoms with Gasteiger partial charge in [-0.1, -0.05) is 98.3 Å². The van der Waals surface area contributed by atoms with Crippen molar-refractivity contribution in [1.29, 1.82) is 0 Å². The van der Waals surface area contributed by atoms with Crippen LogP contribution >= 0.6 is 0 Å². The molecule has 17 nitrogen and oxygen atoms in total. The molecule has 4 unspecified atom stereocenters. The Kier molecular flexibility index (Phi) is 20.6. The quantitative estimate of drug-likeness (QED) is 0.143. The maximum atomic E-state index is 14.1. The zero-order chi connectivity index (χ0) is 51.5. The van der Waals surface area contributed by atoms with E-state index < -0.39 is 109 Å². The van der Waals surface area contributed by atoms with E-state index in [0.717, 1.165) is 22.3 Å². The highest BCUT2D eigenvalue weighted by molar-refractivity contribution is 5.91. The van der Waals surface area contributed by atoms with Crippen LogP contribution in [0.3, 0.4) is 0 Å². The van der Waals surface area contributed by atoms with Crippen LogP contribution in [0.25, 0.3) is 22.4 Å². The highest BCUT2D eigenvalue weighted by Crippen LogP contribution is 2.36. The largest absolute Gasteiger partial charge is 0.462 e. The van der Waals surface area contributed by atoms with Gasteiger partial charge in [-0.15, -0.1) is 5.10 Å². The lowest BCUT2D eigenvalue weighted by Crippen LogP contribution is -2.63. The molecule has 0 amide bonds. The van der Waals surface area contributed by atoms with Gasteiger partial charge in [-0.05, 0) is 77.2 Å². The second-order valence-corrected chi connectivity index (χ2v) is 20.0. The monoisotopic (exact) mass is 991 g/mol. The van der Waals surface area contributed by atoms with Crippen LogP contribution in [0, 0.1) is 29.6 Å². The lowest BCUT2D eigenvalue weighted by atomic mass is 9.79. The lowest BCUT2D eigenvalue weighted by molar-refractivity contribution is -0.304. The van der Waals surface area contributed by atoms with Gasteiger partial charge in [0.25, 0.3) is 0 Å². The van der Waals surface area contributed by atoms with Crippen LogP contribution < -0.4 is 0 Å². The molecule has 17 heteroatoms. The van der Waals surface area contributed by atoms with E-state index in [9.17, 15) is 30.0 Å². The third-order valence-corrected chi connectivity index (χ3v) is 14.6. The Balaban J connectivity index is 1.29. The van der Waals surface area contributed by atoms with Crippen molar-refractivity contribution < 1.29 is 63.2 Å². The Labute approximate surface area is 419 Å². The summed E-state index contributed by atoms with van der Waals surface area (Å²) >= 11 is 0. The van der Waals surface area contributed by atoms with Gasteiger partial charge in [-0.25, -0.2) is 0 Å². The number of rotatable bonds is 15. The average Bonchev–Trinajstić information content (AvgIpc) is 3.83. The zero-order valence-corrected chi connectivity index (χ0v) is 43.0. The van der Waals surface area contributed by atoms with E-state index in [0.29, 0.717) is 31.5 Å². The number of hydrogen-bond donors (Lipinski definition) is 4. The molecule has 3 aliphatic heterocycles. The SMILES string of the molecule is CC[C@H]1OC(=O)C[C@@H](O)[C@H](C)[C@@H](O[C@@H]2O[C@H](C)[C@@H](O)C(N(C)C)C2O)[C@@H](CCn2cc(-c3ccc(-c4ccccc4)cc3)nn2)C[C@@H](C)C(=O)/C=C/C(C)=C/[C@@H]1CO[C@@H]1OC(C)[C@@H](O)[C@H](COC)C1OC. The second-order valence-electron chi connectivity index (χ2n) is 20.0. The van der Waals surface area contributed by atoms with Gasteiger partial charge in [0.2, 0.25) is 0 Å². The van der Waals surface area contributed by atoms with Crippen molar-refractivity contribution in [3.63, 3.8) is 0 Å². The minimum atomic E-state index is -1.30. The van der Waals surface area contributed by atoms with Crippen LogP contribution in [0.1, 0.15) is 67.2 Å². The van der Waals surface area contributed by atoms with Crippen LogP contribution in [-0.4, -0.2) is 167 Å². The molecule has 17 atom stereocenters. The molecular weight excluding hydrogens is 913 g/mol. The normalized spacial score (nSPS) is 36.0. The molecule has 0 spiro atoms. The summed E-state index contributed by atoms with van der Waals surface area (Å²) in [6, 6.07) is 17.5. The van der Waals surface area contributed by atoms with Crippen LogP contribution in [0.2, 0.25) is 0 Å².